The highest BCUT2D eigenvalue weighted by molar-refractivity contribution is 8.01. The van der Waals surface area contributed by atoms with Gasteiger partial charge in [-0.15, -0.1) is 11.8 Å². The third-order valence-electron chi connectivity index (χ3n) is 3.55. The van der Waals surface area contributed by atoms with Crippen molar-refractivity contribution in [2.45, 2.75) is 29.5 Å². The molecule has 1 aliphatic heterocycles. The molecule has 0 unspecified atom stereocenters. The predicted molar refractivity (Wildman–Crippen MR) is 89.2 cm³/mol. The van der Waals surface area contributed by atoms with E-state index in [1.807, 2.05) is 35.0 Å². The summed E-state index contributed by atoms with van der Waals surface area (Å²) in [6, 6.07) is 7.63. The second kappa shape index (κ2) is 7.32. The van der Waals surface area contributed by atoms with E-state index in [2.05, 4.69) is 15.6 Å². The molecule has 7 heteroatoms. The number of para-hydroxylation sites is 1. The highest BCUT2D eigenvalue weighted by Crippen LogP contribution is 2.36. The Hall–Kier alpha value is -2.28. The zero-order valence-corrected chi connectivity index (χ0v) is 13.4. The lowest BCUT2D eigenvalue weighted by atomic mass is 10.2. The number of aryl methyl sites for hydroxylation is 1. The molecular weight excluding hydrogens is 312 g/mol. The van der Waals surface area contributed by atoms with Crippen LogP contribution in [0.4, 0.5) is 5.69 Å². The van der Waals surface area contributed by atoms with Crippen LogP contribution in [0.2, 0.25) is 0 Å². The molecule has 0 bridgehead atoms. The molecule has 0 aliphatic carbocycles. The Balaban J connectivity index is 1.44. The topological polar surface area (TPSA) is 76.0 Å². The molecule has 1 aromatic carbocycles. The van der Waals surface area contributed by atoms with Gasteiger partial charge in [0.1, 0.15) is 0 Å². The number of imidazole rings is 1. The van der Waals surface area contributed by atoms with Gasteiger partial charge < -0.3 is 15.2 Å². The molecule has 1 atom stereocenters. The van der Waals surface area contributed by atoms with Crippen molar-refractivity contribution in [3.63, 3.8) is 0 Å². The Morgan fingerprint density at radius 1 is 1.39 bits per heavy atom. The lowest BCUT2D eigenvalue weighted by Crippen LogP contribution is -2.35. The van der Waals surface area contributed by atoms with Gasteiger partial charge in [0.25, 0.3) is 0 Å². The zero-order valence-electron chi connectivity index (χ0n) is 12.6. The average Bonchev–Trinajstić information content (AvgIpc) is 3.06. The number of nitrogens with one attached hydrogen (secondary N) is 2. The average molecular weight is 330 g/mol. The molecule has 23 heavy (non-hydrogen) atoms. The van der Waals surface area contributed by atoms with E-state index in [1.54, 1.807) is 12.5 Å². The molecule has 0 fully saturated rings. The van der Waals surface area contributed by atoms with Crippen LogP contribution in [0.3, 0.4) is 0 Å². The number of amides is 2. The SMILES string of the molecule is O=C(C[C@H]1Sc2ccccc2NC1=O)NCCCn1ccnc1. The molecular formula is C16H18N4O2S. The molecule has 0 saturated carbocycles. The van der Waals surface area contributed by atoms with Gasteiger partial charge in [-0.2, -0.15) is 0 Å². The third kappa shape index (κ3) is 4.13. The van der Waals surface area contributed by atoms with Crippen molar-refractivity contribution in [1.82, 2.24) is 14.9 Å². The maximum absolute atomic E-state index is 12.1. The van der Waals surface area contributed by atoms with Crippen molar-refractivity contribution >= 4 is 29.3 Å². The van der Waals surface area contributed by atoms with Crippen LogP contribution < -0.4 is 10.6 Å². The summed E-state index contributed by atoms with van der Waals surface area (Å²) in [4.78, 5) is 29.0. The first-order valence-electron chi connectivity index (χ1n) is 7.51. The molecule has 2 aromatic rings. The lowest BCUT2D eigenvalue weighted by molar-refractivity contribution is -0.124. The van der Waals surface area contributed by atoms with Crippen LogP contribution in [0.1, 0.15) is 12.8 Å². The smallest absolute Gasteiger partial charge is 0.238 e. The fourth-order valence-corrected chi connectivity index (χ4v) is 3.49. The molecule has 2 heterocycles. The summed E-state index contributed by atoms with van der Waals surface area (Å²) >= 11 is 1.45. The highest BCUT2D eigenvalue weighted by Gasteiger charge is 2.28. The summed E-state index contributed by atoms with van der Waals surface area (Å²) in [5.74, 6) is -0.204. The first-order valence-corrected chi connectivity index (χ1v) is 8.39. The van der Waals surface area contributed by atoms with Crippen LogP contribution in [0, 0.1) is 0 Å². The van der Waals surface area contributed by atoms with E-state index in [0.717, 1.165) is 23.5 Å². The number of fused-ring (bicyclic) bond motifs is 1. The minimum Gasteiger partial charge on any atom is -0.356 e. The van der Waals surface area contributed by atoms with Crippen molar-refractivity contribution < 1.29 is 9.59 Å². The van der Waals surface area contributed by atoms with Crippen molar-refractivity contribution in [3.8, 4) is 0 Å². The van der Waals surface area contributed by atoms with Crippen LogP contribution in [-0.4, -0.2) is 33.2 Å². The molecule has 0 saturated heterocycles. The van der Waals surface area contributed by atoms with E-state index in [-0.39, 0.29) is 23.5 Å². The number of thioether (sulfide) groups is 1. The van der Waals surface area contributed by atoms with Gasteiger partial charge >= 0.3 is 0 Å². The number of benzene rings is 1. The van der Waals surface area contributed by atoms with Gasteiger partial charge in [-0.05, 0) is 18.6 Å². The Labute approximate surface area is 138 Å². The molecule has 3 rings (SSSR count). The summed E-state index contributed by atoms with van der Waals surface area (Å²) in [5, 5.41) is 5.35. The quantitative estimate of drug-likeness (QED) is 0.793. The van der Waals surface area contributed by atoms with Crippen molar-refractivity contribution in [2.24, 2.45) is 0 Å². The first-order chi connectivity index (χ1) is 11.2. The Kier molecular flexibility index (Phi) is 4.97. The van der Waals surface area contributed by atoms with Crippen LogP contribution in [0.25, 0.3) is 0 Å². The van der Waals surface area contributed by atoms with E-state index in [0.29, 0.717) is 6.54 Å². The Morgan fingerprint density at radius 2 is 2.26 bits per heavy atom. The summed E-state index contributed by atoms with van der Waals surface area (Å²) < 4.78 is 1.97. The number of carbonyl (C=O) groups excluding carboxylic acids is 2. The van der Waals surface area contributed by atoms with Gasteiger partial charge in [-0.25, -0.2) is 4.98 Å². The van der Waals surface area contributed by atoms with Gasteiger partial charge in [0.2, 0.25) is 11.8 Å². The summed E-state index contributed by atoms with van der Waals surface area (Å²) in [6.45, 7) is 1.40. The van der Waals surface area contributed by atoms with Gasteiger partial charge in [-0.1, -0.05) is 12.1 Å². The van der Waals surface area contributed by atoms with E-state index in [1.165, 1.54) is 11.8 Å². The van der Waals surface area contributed by atoms with Crippen molar-refractivity contribution in [1.29, 1.82) is 0 Å². The molecule has 2 N–H and O–H groups in total. The number of anilines is 1. The second-order valence-electron chi connectivity index (χ2n) is 5.30. The minimum atomic E-state index is -0.376. The molecule has 2 amide bonds. The van der Waals surface area contributed by atoms with E-state index < -0.39 is 0 Å². The number of hydrogen-bond acceptors (Lipinski definition) is 4. The lowest BCUT2D eigenvalue weighted by Gasteiger charge is -2.23. The fraction of sp³-hybridized carbons (Fsp3) is 0.312. The zero-order chi connectivity index (χ0) is 16.1. The third-order valence-corrected chi connectivity index (χ3v) is 4.83. The summed E-state index contributed by atoms with van der Waals surface area (Å²) in [6.07, 6.45) is 6.39. The second-order valence-corrected chi connectivity index (χ2v) is 6.54. The summed E-state index contributed by atoms with van der Waals surface area (Å²) in [5.41, 5.74) is 0.819. The van der Waals surface area contributed by atoms with Gasteiger partial charge in [0.15, 0.2) is 0 Å². The van der Waals surface area contributed by atoms with E-state index in [4.69, 9.17) is 0 Å². The maximum atomic E-state index is 12.1. The molecule has 0 radical (unpaired) electrons. The molecule has 1 aromatic heterocycles. The maximum Gasteiger partial charge on any atom is 0.238 e. The number of aromatic nitrogens is 2. The largest absolute Gasteiger partial charge is 0.356 e. The molecule has 6 nitrogen and oxygen atoms in total. The number of rotatable bonds is 6. The Morgan fingerprint density at radius 3 is 3.09 bits per heavy atom. The first kappa shape index (κ1) is 15.6. The number of nitrogens with zero attached hydrogens (tertiary/aromatic N) is 2. The molecule has 1 aliphatic rings. The van der Waals surface area contributed by atoms with E-state index in [9.17, 15) is 9.59 Å². The Bertz CT molecular complexity index is 687. The highest BCUT2D eigenvalue weighted by atomic mass is 32.2. The van der Waals surface area contributed by atoms with Gasteiger partial charge in [0, 0.05) is 36.8 Å². The standard InChI is InChI=1S/C16H18N4O2S/c21-15(18-6-3-8-20-9-7-17-11-20)10-14-16(22)19-12-4-1-2-5-13(12)23-14/h1-2,4-5,7,9,11,14H,3,6,8,10H2,(H,18,21)(H,19,22)/t14-/m1/s1. The van der Waals surface area contributed by atoms with Crippen molar-refractivity contribution in [3.05, 3.63) is 43.0 Å². The minimum absolute atomic E-state index is 0.0948. The fourth-order valence-electron chi connectivity index (χ4n) is 2.38. The van der Waals surface area contributed by atoms with Crippen LogP contribution >= 0.6 is 11.8 Å². The predicted octanol–water partition coefficient (Wildman–Crippen LogP) is 1.89. The normalized spacial score (nSPS) is 16.5. The van der Waals surface area contributed by atoms with Gasteiger partial charge in [-0.3, -0.25) is 9.59 Å². The molecule has 120 valence electrons. The van der Waals surface area contributed by atoms with Gasteiger partial charge in [0.05, 0.1) is 17.3 Å². The molecule has 0 spiro atoms. The summed E-state index contributed by atoms with van der Waals surface area (Å²) in [7, 11) is 0. The number of carbonyl (C=O) groups is 2. The van der Waals surface area contributed by atoms with Crippen LogP contribution in [0.5, 0.6) is 0 Å². The van der Waals surface area contributed by atoms with Crippen LogP contribution in [-0.2, 0) is 16.1 Å². The van der Waals surface area contributed by atoms with Crippen molar-refractivity contribution in [2.75, 3.05) is 11.9 Å². The monoisotopic (exact) mass is 330 g/mol. The van der Waals surface area contributed by atoms with E-state index >= 15 is 0 Å². The number of hydrogen-bond donors (Lipinski definition) is 2. The van der Waals surface area contributed by atoms with Crippen LogP contribution in [0.15, 0.2) is 47.9 Å².